The highest BCUT2D eigenvalue weighted by Gasteiger charge is 2.23. The van der Waals surface area contributed by atoms with Gasteiger partial charge in [0.1, 0.15) is 4.91 Å². The van der Waals surface area contributed by atoms with Crippen molar-refractivity contribution in [2.75, 3.05) is 5.75 Å². The molecule has 2 aromatic rings. The van der Waals surface area contributed by atoms with Crippen molar-refractivity contribution in [3.63, 3.8) is 0 Å². The molecule has 0 atom stereocenters. The van der Waals surface area contributed by atoms with Crippen molar-refractivity contribution in [3.05, 3.63) is 82.8 Å². The van der Waals surface area contributed by atoms with Gasteiger partial charge in [0.25, 0.3) is 0 Å². The smallest absolute Gasteiger partial charge is 0.346 e. The van der Waals surface area contributed by atoms with E-state index in [4.69, 9.17) is 0 Å². The number of hydrogen-bond donors (Lipinski definition) is 1. The third-order valence-corrected chi connectivity index (χ3v) is 5.89. The molecule has 138 valence electrons. The van der Waals surface area contributed by atoms with Crippen molar-refractivity contribution in [3.8, 4) is 0 Å². The Morgan fingerprint density at radius 2 is 1.38 bits per heavy atom. The minimum absolute atomic E-state index is 0.195. The highest BCUT2D eigenvalue weighted by molar-refractivity contribution is 7.96. The van der Waals surface area contributed by atoms with E-state index in [1.54, 1.807) is 0 Å². The second kappa shape index (κ2) is 9.92. The Morgan fingerprint density at radius 3 is 1.92 bits per heavy atom. The molecule has 0 aliphatic heterocycles. The monoisotopic (exact) mass is 372 g/mol. The van der Waals surface area contributed by atoms with Crippen LogP contribution < -0.4 is 0 Å². The van der Waals surface area contributed by atoms with E-state index in [0.717, 1.165) is 24.8 Å². The predicted octanol–water partition coefficient (Wildman–Crippen LogP) is 4.03. The highest BCUT2D eigenvalue weighted by atomic mass is 32.2. The predicted molar refractivity (Wildman–Crippen MR) is 104 cm³/mol. The second-order valence-corrected chi connectivity index (χ2v) is 8.24. The van der Waals surface area contributed by atoms with Crippen molar-refractivity contribution in [2.24, 2.45) is 0 Å². The molecule has 0 fully saturated rings. The number of aliphatic carboxylic acids is 1. The Balaban J connectivity index is 1.89. The molecule has 0 saturated heterocycles. The minimum Gasteiger partial charge on any atom is -0.477 e. The molecule has 0 aliphatic rings. The van der Waals surface area contributed by atoms with Crippen LogP contribution in [0, 0.1) is 0 Å². The molecule has 1 N–H and O–H groups in total. The number of aryl methyl sites for hydroxylation is 2. The normalized spacial score (nSPS) is 12.1. The first-order chi connectivity index (χ1) is 12.5. The lowest BCUT2D eigenvalue weighted by atomic mass is 10.1. The van der Waals surface area contributed by atoms with E-state index in [2.05, 4.69) is 0 Å². The first-order valence-corrected chi connectivity index (χ1v) is 10.4. The van der Waals surface area contributed by atoms with Crippen LogP contribution in [-0.2, 0) is 27.5 Å². The van der Waals surface area contributed by atoms with Gasteiger partial charge >= 0.3 is 5.97 Å². The van der Waals surface area contributed by atoms with Crippen LogP contribution >= 0.6 is 0 Å². The lowest BCUT2D eigenvalue weighted by Crippen LogP contribution is -2.17. The van der Waals surface area contributed by atoms with Gasteiger partial charge in [-0.15, -0.1) is 0 Å². The molecule has 2 rings (SSSR count). The van der Waals surface area contributed by atoms with Crippen LogP contribution in [0.3, 0.4) is 0 Å². The number of carboxylic acids is 1. The summed E-state index contributed by atoms with van der Waals surface area (Å²) in [6.45, 7) is 0. The summed E-state index contributed by atoms with van der Waals surface area (Å²) in [4.78, 5) is 10.9. The fourth-order valence-corrected chi connectivity index (χ4v) is 4.07. The fraction of sp³-hybridized carbons (Fsp3) is 0.286. The van der Waals surface area contributed by atoms with Crippen LogP contribution in [0.1, 0.15) is 30.4 Å². The average Bonchev–Trinajstić information content (AvgIpc) is 2.64. The summed E-state index contributed by atoms with van der Waals surface area (Å²) >= 11 is 0. The van der Waals surface area contributed by atoms with Gasteiger partial charge in [-0.25, -0.2) is 13.2 Å². The van der Waals surface area contributed by atoms with E-state index in [1.807, 2.05) is 60.7 Å². The molecule has 2 aromatic carbocycles. The van der Waals surface area contributed by atoms with Gasteiger partial charge in [-0.2, -0.15) is 0 Å². The summed E-state index contributed by atoms with van der Waals surface area (Å²) in [7, 11) is -3.80. The second-order valence-electron chi connectivity index (χ2n) is 6.16. The standard InChI is InChI=1S/C21H24O4S/c22-21(23)20(15-9-3-8-12-18-10-4-1-5-11-18)26(24,25)17-16-19-13-6-2-7-14-19/h1-2,4-7,10-11,13-15H,3,8-9,12,16-17H2,(H,22,23). The fourth-order valence-electron chi connectivity index (χ4n) is 2.71. The first-order valence-electron chi connectivity index (χ1n) is 8.73. The summed E-state index contributed by atoms with van der Waals surface area (Å²) in [6, 6.07) is 19.2. The number of carboxylic acid groups (broad SMARTS) is 1. The maximum atomic E-state index is 12.4. The molecule has 5 heteroatoms. The molecule has 0 spiro atoms. The number of unbranched alkanes of at least 4 members (excludes halogenated alkanes) is 2. The number of sulfone groups is 1. The highest BCUT2D eigenvalue weighted by Crippen LogP contribution is 2.14. The van der Waals surface area contributed by atoms with Crippen molar-refractivity contribution < 1.29 is 18.3 Å². The summed E-state index contributed by atoms with van der Waals surface area (Å²) < 4.78 is 24.8. The van der Waals surface area contributed by atoms with E-state index in [0.29, 0.717) is 12.8 Å². The van der Waals surface area contributed by atoms with Gasteiger partial charge in [-0.3, -0.25) is 0 Å². The van der Waals surface area contributed by atoms with Crippen LogP contribution in [0.25, 0.3) is 0 Å². The Hall–Kier alpha value is -2.40. The topological polar surface area (TPSA) is 71.4 Å². The third-order valence-electron chi connectivity index (χ3n) is 4.14. The number of benzene rings is 2. The van der Waals surface area contributed by atoms with Crippen LogP contribution in [0.5, 0.6) is 0 Å². The molecule has 0 aliphatic carbocycles. The minimum atomic E-state index is -3.80. The molecule has 0 unspecified atom stereocenters. The molecule has 26 heavy (non-hydrogen) atoms. The van der Waals surface area contributed by atoms with Crippen molar-refractivity contribution in [1.82, 2.24) is 0 Å². The average molecular weight is 372 g/mol. The van der Waals surface area contributed by atoms with Gasteiger partial charge in [0, 0.05) is 0 Å². The molecule has 0 bridgehead atoms. The number of hydrogen-bond acceptors (Lipinski definition) is 3. The molecule has 0 aromatic heterocycles. The van der Waals surface area contributed by atoms with Gasteiger partial charge in [0.05, 0.1) is 5.75 Å². The van der Waals surface area contributed by atoms with Crippen LogP contribution in [0.2, 0.25) is 0 Å². The zero-order chi connectivity index (χ0) is 18.8. The summed E-state index contributed by atoms with van der Waals surface area (Å²) in [5, 5.41) is 9.29. The van der Waals surface area contributed by atoms with Gasteiger partial charge in [-0.1, -0.05) is 66.7 Å². The van der Waals surface area contributed by atoms with E-state index in [1.165, 1.54) is 11.6 Å². The zero-order valence-corrected chi connectivity index (χ0v) is 15.5. The van der Waals surface area contributed by atoms with Crippen LogP contribution in [-0.4, -0.2) is 25.2 Å². The van der Waals surface area contributed by atoms with E-state index < -0.39 is 20.7 Å². The first kappa shape index (κ1) is 19.9. The van der Waals surface area contributed by atoms with Crippen molar-refractivity contribution in [1.29, 1.82) is 0 Å². The Bertz CT molecular complexity index is 825. The molecular formula is C21H24O4S. The number of carbonyl (C=O) groups is 1. The summed E-state index contributed by atoms with van der Waals surface area (Å²) in [6.07, 6.45) is 4.64. The zero-order valence-electron chi connectivity index (χ0n) is 14.7. The molecule has 0 heterocycles. The Labute approximate surface area is 155 Å². The Morgan fingerprint density at radius 1 is 0.846 bits per heavy atom. The van der Waals surface area contributed by atoms with Gasteiger partial charge in [0.15, 0.2) is 9.84 Å². The lowest BCUT2D eigenvalue weighted by Gasteiger charge is -2.06. The summed E-state index contributed by atoms with van der Waals surface area (Å²) in [5.74, 6) is -1.57. The van der Waals surface area contributed by atoms with Gasteiger partial charge in [0.2, 0.25) is 0 Å². The number of rotatable bonds is 10. The summed E-state index contributed by atoms with van der Waals surface area (Å²) in [5.41, 5.74) is 2.11. The van der Waals surface area contributed by atoms with Gasteiger partial charge < -0.3 is 5.11 Å². The van der Waals surface area contributed by atoms with Crippen LogP contribution in [0.15, 0.2) is 71.6 Å². The molecule has 4 nitrogen and oxygen atoms in total. The van der Waals surface area contributed by atoms with Crippen molar-refractivity contribution in [2.45, 2.75) is 32.1 Å². The molecular weight excluding hydrogens is 348 g/mol. The van der Waals surface area contributed by atoms with Crippen LogP contribution in [0.4, 0.5) is 0 Å². The SMILES string of the molecule is O=C(O)C(=CCCCCc1ccccc1)S(=O)(=O)CCc1ccccc1. The lowest BCUT2D eigenvalue weighted by molar-refractivity contribution is -0.131. The molecule has 0 saturated carbocycles. The van der Waals surface area contributed by atoms with Gasteiger partial charge in [-0.05, 0) is 43.2 Å². The largest absolute Gasteiger partial charge is 0.477 e. The van der Waals surface area contributed by atoms with Crippen molar-refractivity contribution >= 4 is 15.8 Å². The number of allylic oxidation sites excluding steroid dienone is 1. The van der Waals surface area contributed by atoms with E-state index in [-0.39, 0.29) is 5.75 Å². The van der Waals surface area contributed by atoms with E-state index >= 15 is 0 Å². The Kier molecular flexibility index (Phi) is 7.60. The van der Waals surface area contributed by atoms with E-state index in [9.17, 15) is 18.3 Å². The maximum Gasteiger partial charge on any atom is 0.346 e. The third kappa shape index (κ3) is 6.48. The maximum absolute atomic E-state index is 12.4. The molecule has 0 amide bonds. The quantitative estimate of drug-likeness (QED) is 0.505. The molecule has 0 radical (unpaired) electrons.